The van der Waals surface area contributed by atoms with Gasteiger partial charge in [-0.25, -0.2) is 4.98 Å². The highest BCUT2D eigenvalue weighted by Gasteiger charge is 2.29. The van der Waals surface area contributed by atoms with Crippen molar-refractivity contribution < 1.29 is 14.3 Å². The van der Waals surface area contributed by atoms with Crippen LogP contribution in [0.1, 0.15) is 25.6 Å². The number of rotatable bonds is 8. The van der Waals surface area contributed by atoms with Crippen LogP contribution in [0.4, 0.5) is 5.69 Å². The number of fused-ring (bicyclic) bond motifs is 1. The zero-order chi connectivity index (χ0) is 20.2. The fraction of sp³-hybridized carbons (Fsp3) is 0.318. The van der Waals surface area contributed by atoms with Crippen LogP contribution in [-0.4, -0.2) is 28.0 Å². The second-order valence-electron chi connectivity index (χ2n) is 7.10. The van der Waals surface area contributed by atoms with Gasteiger partial charge >= 0.3 is 0 Å². The summed E-state index contributed by atoms with van der Waals surface area (Å²) in [7, 11) is 0. The minimum absolute atomic E-state index is 0.0578. The molecule has 3 aromatic rings. The number of amides is 2. The van der Waals surface area contributed by atoms with E-state index < -0.39 is 0 Å². The maximum atomic E-state index is 12.7. The zero-order valence-corrected chi connectivity index (χ0v) is 16.4. The van der Waals surface area contributed by atoms with Gasteiger partial charge in [-0.15, -0.1) is 0 Å². The molecule has 0 atom stereocenters. The summed E-state index contributed by atoms with van der Waals surface area (Å²) in [6.45, 7) is 2.94. The third-order valence-electron chi connectivity index (χ3n) is 4.85. The highest BCUT2D eigenvalue weighted by atomic mass is 16.5. The summed E-state index contributed by atoms with van der Waals surface area (Å²) in [6, 6.07) is 14.9. The van der Waals surface area contributed by atoms with E-state index in [2.05, 4.69) is 15.6 Å². The first-order chi connectivity index (χ1) is 14.1. The molecular weight excluding hydrogens is 368 g/mol. The number of hydrogen-bond acceptors (Lipinski definition) is 4. The molecule has 2 N–H and O–H groups in total. The van der Waals surface area contributed by atoms with Gasteiger partial charge in [0.25, 0.3) is 0 Å². The Labute approximate surface area is 169 Å². The Hall–Kier alpha value is -3.35. The minimum atomic E-state index is -0.160. The van der Waals surface area contributed by atoms with Gasteiger partial charge in [0.2, 0.25) is 11.8 Å². The number of para-hydroxylation sites is 2. The van der Waals surface area contributed by atoms with E-state index >= 15 is 0 Å². The summed E-state index contributed by atoms with van der Waals surface area (Å²) in [4.78, 5) is 29.3. The number of benzene rings is 2. The average Bonchev–Trinajstić information content (AvgIpc) is 3.52. The van der Waals surface area contributed by atoms with E-state index in [1.807, 2.05) is 60.0 Å². The van der Waals surface area contributed by atoms with Crippen molar-refractivity contribution in [2.75, 3.05) is 11.9 Å². The van der Waals surface area contributed by atoms with Crippen molar-refractivity contribution in [1.82, 2.24) is 14.9 Å². The topological polar surface area (TPSA) is 85.2 Å². The fourth-order valence-electron chi connectivity index (χ4n) is 3.24. The number of aromatic nitrogens is 2. The quantitative estimate of drug-likeness (QED) is 0.617. The number of anilines is 1. The third kappa shape index (κ3) is 4.56. The van der Waals surface area contributed by atoms with E-state index in [0.29, 0.717) is 24.7 Å². The van der Waals surface area contributed by atoms with Crippen LogP contribution < -0.4 is 15.4 Å². The van der Waals surface area contributed by atoms with Gasteiger partial charge in [-0.3, -0.25) is 9.59 Å². The van der Waals surface area contributed by atoms with Crippen molar-refractivity contribution in [2.24, 2.45) is 5.92 Å². The van der Waals surface area contributed by atoms with Crippen molar-refractivity contribution in [1.29, 1.82) is 0 Å². The summed E-state index contributed by atoms with van der Waals surface area (Å²) < 4.78 is 7.28. The summed E-state index contributed by atoms with van der Waals surface area (Å²) in [5.41, 5.74) is 2.37. The van der Waals surface area contributed by atoms with E-state index in [9.17, 15) is 9.59 Å². The minimum Gasteiger partial charge on any atom is -0.494 e. The Morgan fingerprint density at radius 1 is 1.14 bits per heavy atom. The first-order valence-electron chi connectivity index (χ1n) is 9.88. The fourth-order valence-corrected chi connectivity index (χ4v) is 3.24. The van der Waals surface area contributed by atoms with Crippen molar-refractivity contribution in [3.8, 4) is 5.75 Å². The van der Waals surface area contributed by atoms with E-state index in [1.165, 1.54) is 0 Å². The maximum Gasteiger partial charge on any atom is 0.244 e. The number of ether oxygens (including phenoxy) is 1. The lowest BCUT2D eigenvalue weighted by molar-refractivity contribution is -0.122. The van der Waals surface area contributed by atoms with Gasteiger partial charge in [0, 0.05) is 11.6 Å². The molecule has 150 valence electrons. The Bertz CT molecular complexity index is 1020. The maximum absolute atomic E-state index is 12.7. The molecule has 1 fully saturated rings. The normalized spacial score (nSPS) is 13.3. The van der Waals surface area contributed by atoms with Gasteiger partial charge in [0.05, 0.1) is 24.2 Å². The second-order valence-corrected chi connectivity index (χ2v) is 7.10. The monoisotopic (exact) mass is 392 g/mol. The number of imidazole rings is 1. The van der Waals surface area contributed by atoms with Crippen molar-refractivity contribution >= 4 is 28.5 Å². The molecule has 1 heterocycles. The molecule has 0 radical (unpaired) electrons. The van der Waals surface area contributed by atoms with Crippen LogP contribution in [0.2, 0.25) is 0 Å². The average molecular weight is 392 g/mol. The van der Waals surface area contributed by atoms with Gasteiger partial charge in [-0.1, -0.05) is 12.1 Å². The predicted molar refractivity (Wildman–Crippen MR) is 111 cm³/mol. The van der Waals surface area contributed by atoms with Gasteiger partial charge in [-0.05, 0) is 56.2 Å². The molecule has 0 spiro atoms. The standard InChI is InChI=1S/C22H24N4O3/c1-2-29-17-11-9-16(10-12-17)24-21(27)14-26-19-6-4-3-5-18(19)25-20(26)13-23-22(28)15-7-8-15/h3-6,9-12,15H,2,7-8,13-14H2,1H3,(H,23,28)(H,24,27). The molecule has 0 bridgehead atoms. The summed E-state index contributed by atoms with van der Waals surface area (Å²) in [6.07, 6.45) is 1.90. The van der Waals surface area contributed by atoms with Gasteiger partial charge in [0.1, 0.15) is 18.1 Å². The molecule has 29 heavy (non-hydrogen) atoms. The second kappa shape index (κ2) is 8.34. The highest BCUT2D eigenvalue weighted by Crippen LogP contribution is 2.29. The van der Waals surface area contributed by atoms with Crippen LogP contribution in [0.3, 0.4) is 0 Å². The summed E-state index contributed by atoms with van der Waals surface area (Å²) >= 11 is 0. The van der Waals surface area contributed by atoms with Crippen LogP contribution in [0.5, 0.6) is 5.75 Å². The molecule has 1 saturated carbocycles. The number of carbonyl (C=O) groups is 2. The Kier molecular flexibility index (Phi) is 5.46. The number of nitrogens with zero attached hydrogens (tertiary/aromatic N) is 2. The Morgan fingerprint density at radius 2 is 1.90 bits per heavy atom. The van der Waals surface area contributed by atoms with E-state index in [1.54, 1.807) is 0 Å². The largest absolute Gasteiger partial charge is 0.494 e. The molecule has 1 aliphatic carbocycles. The SMILES string of the molecule is CCOc1ccc(NC(=O)Cn2c(CNC(=O)C3CC3)nc3ccccc32)cc1. The molecule has 7 heteroatoms. The molecule has 1 aromatic heterocycles. The highest BCUT2D eigenvalue weighted by molar-refractivity contribution is 5.91. The van der Waals surface area contributed by atoms with E-state index in [0.717, 1.165) is 29.6 Å². The molecule has 7 nitrogen and oxygen atoms in total. The molecule has 2 amide bonds. The molecule has 0 aliphatic heterocycles. The lowest BCUT2D eigenvalue weighted by Crippen LogP contribution is -2.27. The van der Waals surface area contributed by atoms with Gasteiger partial charge in [0.15, 0.2) is 0 Å². The van der Waals surface area contributed by atoms with Crippen LogP contribution in [-0.2, 0) is 22.7 Å². The first kappa shape index (κ1) is 19.0. The Morgan fingerprint density at radius 3 is 2.62 bits per heavy atom. The summed E-state index contributed by atoms with van der Waals surface area (Å²) in [5.74, 6) is 1.46. The van der Waals surface area contributed by atoms with Crippen LogP contribution >= 0.6 is 0 Å². The lowest BCUT2D eigenvalue weighted by atomic mass is 10.3. The number of carbonyl (C=O) groups excluding carboxylic acids is 2. The van der Waals surface area contributed by atoms with Crippen LogP contribution in [0.15, 0.2) is 48.5 Å². The van der Waals surface area contributed by atoms with Crippen LogP contribution in [0.25, 0.3) is 11.0 Å². The lowest BCUT2D eigenvalue weighted by Gasteiger charge is -2.11. The Balaban J connectivity index is 1.48. The number of nitrogens with one attached hydrogen (secondary N) is 2. The zero-order valence-electron chi connectivity index (χ0n) is 16.4. The van der Waals surface area contributed by atoms with Crippen LogP contribution in [0, 0.1) is 5.92 Å². The third-order valence-corrected chi connectivity index (χ3v) is 4.85. The van der Waals surface area contributed by atoms with Gasteiger partial charge < -0.3 is 19.9 Å². The van der Waals surface area contributed by atoms with Crippen molar-refractivity contribution in [3.05, 3.63) is 54.4 Å². The smallest absolute Gasteiger partial charge is 0.244 e. The first-order valence-corrected chi connectivity index (χ1v) is 9.88. The van der Waals surface area contributed by atoms with Crippen molar-refractivity contribution in [2.45, 2.75) is 32.9 Å². The van der Waals surface area contributed by atoms with E-state index in [-0.39, 0.29) is 24.3 Å². The molecular formula is C22H24N4O3. The van der Waals surface area contributed by atoms with Gasteiger partial charge in [-0.2, -0.15) is 0 Å². The molecule has 4 rings (SSSR count). The molecule has 0 unspecified atom stereocenters. The predicted octanol–water partition coefficient (Wildman–Crippen LogP) is 3.10. The molecule has 0 saturated heterocycles. The summed E-state index contributed by atoms with van der Waals surface area (Å²) in [5, 5.41) is 5.84. The van der Waals surface area contributed by atoms with E-state index in [4.69, 9.17) is 4.74 Å². The van der Waals surface area contributed by atoms with Crippen molar-refractivity contribution in [3.63, 3.8) is 0 Å². The number of hydrogen-bond donors (Lipinski definition) is 2. The molecule has 1 aliphatic rings. The molecule has 2 aromatic carbocycles.